The summed E-state index contributed by atoms with van der Waals surface area (Å²) in [6, 6.07) is 25.5. The number of rotatable bonds is 5. The monoisotopic (exact) mass is 453 g/mol. The fourth-order valence-electron chi connectivity index (χ4n) is 5.05. The number of urea groups is 1. The highest BCUT2D eigenvalue weighted by Crippen LogP contribution is 2.34. The molecule has 2 aliphatic heterocycles. The number of nitrogens with one attached hydrogen (secondary N) is 1. The Morgan fingerprint density at radius 3 is 2.24 bits per heavy atom. The van der Waals surface area contributed by atoms with Crippen molar-refractivity contribution in [3.63, 3.8) is 0 Å². The van der Waals surface area contributed by atoms with Gasteiger partial charge in [-0.05, 0) is 35.6 Å². The number of nitrogens with zero attached hydrogens (tertiary/aromatic N) is 2. The van der Waals surface area contributed by atoms with Crippen molar-refractivity contribution < 1.29 is 14.4 Å². The number of carbonyl (C=O) groups is 3. The normalized spacial score (nSPS) is 20.6. The summed E-state index contributed by atoms with van der Waals surface area (Å²) >= 11 is 0. The van der Waals surface area contributed by atoms with Gasteiger partial charge >= 0.3 is 6.03 Å². The highest BCUT2D eigenvalue weighted by atomic mass is 16.2. The van der Waals surface area contributed by atoms with Gasteiger partial charge in [0.05, 0.1) is 0 Å². The van der Waals surface area contributed by atoms with Gasteiger partial charge in [-0.1, -0.05) is 84.9 Å². The molecule has 1 fully saturated rings. The van der Waals surface area contributed by atoms with E-state index >= 15 is 0 Å². The van der Waals surface area contributed by atoms with Crippen molar-refractivity contribution in [3.8, 4) is 0 Å². The summed E-state index contributed by atoms with van der Waals surface area (Å²) in [5.41, 5.74) is 2.71. The molecule has 34 heavy (non-hydrogen) atoms. The molecule has 6 nitrogen and oxygen atoms in total. The van der Waals surface area contributed by atoms with E-state index in [-0.39, 0.29) is 5.91 Å². The van der Waals surface area contributed by atoms with Crippen molar-refractivity contribution in [1.29, 1.82) is 0 Å². The molecule has 2 atom stereocenters. The molecule has 0 saturated carbocycles. The Kier molecular flexibility index (Phi) is 5.65. The number of hydrogen-bond acceptors (Lipinski definition) is 3. The van der Waals surface area contributed by atoms with Gasteiger partial charge in [-0.2, -0.15) is 0 Å². The average molecular weight is 454 g/mol. The number of amides is 4. The number of carbonyl (C=O) groups excluding carboxylic acids is 3. The molecule has 0 unspecified atom stereocenters. The van der Waals surface area contributed by atoms with Crippen LogP contribution in [0.1, 0.15) is 29.2 Å². The first-order chi connectivity index (χ1) is 16.5. The fraction of sp³-hybridized carbons (Fsp3) is 0.250. The van der Waals surface area contributed by atoms with E-state index in [0.717, 1.165) is 22.4 Å². The molecule has 6 heteroatoms. The third-order valence-corrected chi connectivity index (χ3v) is 6.89. The van der Waals surface area contributed by atoms with Gasteiger partial charge in [0.25, 0.3) is 5.91 Å². The SMILES string of the molecule is C[C@H](C(=O)N1CCc2ccccc2C1)N1C(=O)N[C@@](Cc2ccccc2)(c2ccccc2)C1=O. The Morgan fingerprint density at radius 1 is 0.912 bits per heavy atom. The van der Waals surface area contributed by atoms with Crippen LogP contribution in [0.5, 0.6) is 0 Å². The van der Waals surface area contributed by atoms with Crippen LogP contribution < -0.4 is 5.32 Å². The average Bonchev–Trinajstić information content (AvgIpc) is 3.13. The Balaban J connectivity index is 1.44. The summed E-state index contributed by atoms with van der Waals surface area (Å²) in [4.78, 5) is 43.5. The number of benzene rings is 3. The van der Waals surface area contributed by atoms with Crippen LogP contribution in [0.3, 0.4) is 0 Å². The lowest BCUT2D eigenvalue weighted by molar-refractivity contribution is -0.143. The number of fused-ring (bicyclic) bond motifs is 1. The molecule has 4 amide bonds. The molecule has 172 valence electrons. The zero-order valence-electron chi connectivity index (χ0n) is 19.1. The summed E-state index contributed by atoms with van der Waals surface area (Å²) in [6.45, 7) is 2.69. The van der Waals surface area contributed by atoms with Gasteiger partial charge in [0.1, 0.15) is 6.04 Å². The van der Waals surface area contributed by atoms with Crippen molar-refractivity contribution in [2.24, 2.45) is 0 Å². The lowest BCUT2D eigenvalue weighted by atomic mass is 9.83. The van der Waals surface area contributed by atoms with Crippen LogP contribution in [-0.4, -0.2) is 40.2 Å². The minimum absolute atomic E-state index is 0.221. The summed E-state index contributed by atoms with van der Waals surface area (Å²) in [6.07, 6.45) is 1.06. The molecule has 2 aliphatic rings. The van der Waals surface area contributed by atoms with E-state index in [4.69, 9.17) is 0 Å². The van der Waals surface area contributed by atoms with Crippen LogP contribution in [0.15, 0.2) is 84.9 Å². The van der Waals surface area contributed by atoms with Crippen LogP contribution >= 0.6 is 0 Å². The lowest BCUT2D eigenvalue weighted by Gasteiger charge is -2.33. The van der Waals surface area contributed by atoms with Gasteiger partial charge in [0, 0.05) is 19.5 Å². The van der Waals surface area contributed by atoms with Gasteiger partial charge in [0.2, 0.25) is 5.91 Å². The van der Waals surface area contributed by atoms with Gasteiger partial charge in [-0.3, -0.25) is 9.59 Å². The molecule has 0 spiro atoms. The Labute approximate surface area is 199 Å². The van der Waals surface area contributed by atoms with E-state index in [1.54, 1.807) is 11.8 Å². The second-order valence-electron chi connectivity index (χ2n) is 8.99. The molecule has 0 radical (unpaired) electrons. The smallest absolute Gasteiger partial charge is 0.326 e. The van der Waals surface area contributed by atoms with Crippen LogP contribution in [0.25, 0.3) is 0 Å². The summed E-state index contributed by atoms with van der Waals surface area (Å²) < 4.78 is 0. The zero-order valence-corrected chi connectivity index (χ0v) is 19.1. The Morgan fingerprint density at radius 2 is 1.53 bits per heavy atom. The van der Waals surface area contributed by atoms with Crippen LogP contribution in [-0.2, 0) is 34.5 Å². The predicted molar refractivity (Wildman–Crippen MR) is 129 cm³/mol. The van der Waals surface area contributed by atoms with Gasteiger partial charge in [0.15, 0.2) is 5.54 Å². The molecular weight excluding hydrogens is 426 g/mol. The van der Waals surface area contributed by atoms with Gasteiger partial charge in [-0.25, -0.2) is 9.69 Å². The maximum absolute atomic E-state index is 13.9. The van der Waals surface area contributed by atoms with Crippen LogP contribution in [0, 0.1) is 0 Å². The maximum atomic E-state index is 13.9. The predicted octanol–water partition coefficient (Wildman–Crippen LogP) is 3.65. The first kappa shape index (κ1) is 21.9. The van der Waals surface area contributed by atoms with Crippen molar-refractivity contribution >= 4 is 17.8 Å². The minimum atomic E-state index is -1.26. The third-order valence-electron chi connectivity index (χ3n) is 6.89. The van der Waals surface area contributed by atoms with Crippen molar-refractivity contribution in [2.45, 2.75) is 37.9 Å². The van der Waals surface area contributed by atoms with E-state index in [1.165, 1.54) is 5.56 Å². The minimum Gasteiger partial charge on any atom is -0.336 e. The first-order valence-corrected chi connectivity index (χ1v) is 11.6. The molecule has 0 aromatic heterocycles. The topological polar surface area (TPSA) is 69.7 Å². The molecule has 1 N–H and O–H groups in total. The quantitative estimate of drug-likeness (QED) is 0.600. The zero-order chi connectivity index (χ0) is 23.7. The summed E-state index contributed by atoms with van der Waals surface area (Å²) in [7, 11) is 0. The fourth-order valence-corrected chi connectivity index (χ4v) is 5.05. The molecule has 0 aliphatic carbocycles. The highest BCUT2D eigenvalue weighted by Gasteiger charge is 2.55. The molecular formula is C28H27N3O3. The van der Waals surface area contributed by atoms with Crippen LogP contribution in [0.2, 0.25) is 0 Å². The Bertz CT molecular complexity index is 1230. The molecule has 3 aromatic rings. The molecule has 5 rings (SSSR count). The van der Waals surface area contributed by atoms with E-state index in [2.05, 4.69) is 11.4 Å². The van der Waals surface area contributed by atoms with Crippen molar-refractivity contribution in [3.05, 3.63) is 107 Å². The van der Waals surface area contributed by atoms with Crippen molar-refractivity contribution in [1.82, 2.24) is 15.1 Å². The second-order valence-corrected chi connectivity index (χ2v) is 8.99. The largest absolute Gasteiger partial charge is 0.336 e. The first-order valence-electron chi connectivity index (χ1n) is 11.6. The molecule has 2 heterocycles. The maximum Gasteiger partial charge on any atom is 0.326 e. The standard InChI is InChI=1S/C28H27N3O3/c1-20(25(32)30-17-16-22-12-8-9-13-23(22)19-30)31-26(33)28(29-27(31)34,24-14-6-3-7-15-24)18-21-10-4-2-5-11-21/h2-15,20H,16-19H2,1H3,(H,29,34)/t20-,28+/m1/s1. The Hall–Kier alpha value is -3.93. The summed E-state index contributed by atoms with van der Waals surface area (Å²) in [5.74, 6) is -0.618. The molecule has 3 aromatic carbocycles. The van der Waals surface area contributed by atoms with Crippen molar-refractivity contribution in [2.75, 3.05) is 6.54 Å². The highest BCUT2D eigenvalue weighted by molar-refractivity contribution is 6.10. The number of imide groups is 1. The lowest BCUT2D eigenvalue weighted by Crippen LogP contribution is -2.52. The molecule has 0 bridgehead atoms. The number of hydrogen-bond donors (Lipinski definition) is 1. The second kappa shape index (κ2) is 8.78. The van der Waals surface area contributed by atoms with Gasteiger partial charge in [-0.15, -0.1) is 0 Å². The third kappa shape index (κ3) is 3.75. The van der Waals surface area contributed by atoms with Crippen LogP contribution in [0.4, 0.5) is 4.79 Å². The van der Waals surface area contributed by atoms with E-state index in [0.29, 0.717) is 25.1 Å². The summed E-state index contributed by atoms with van der Waals surface area (Å²) in [5, 5.41) is 2.95. The van der Waals surface area contributed by atoms with E-state index in [9.17, 15) is 14.4 Å². The van der Waals surface area contributed by atoms with Gasteiger partial charge < -0.3 is 10.2 Å². The molecule has 1 saturated heterocycles. The van der Waals surface area contributed by atoms with E-state index < -0.39 is 23.5 Å². The van der Waals surface area contributed by atoms with E-state index in [1.807, 2.05) is 78.9 Å².